The molecule has 1 aromatic carbocycles. The third kappa shape index (κ3) is 2.20. The van der Waals surface area contributed by atoms with E-state index in [9.17, 15) is 5.11 Å². The molecule has 0 radical (unpaired) electrons. The van der Waals surface area contributed by atoms with Crippen molar-refractivity contribution in [3.8, 4) is 0 Å². The molecule has 0 saturated carbocycles. The highest BCUT2D eigenvalue weighted by Gasteiger charge is 2.33. The van der Waals surface area contributed by atoms with Gasteiger partial charge in [-0.05, 0) is 36.0 Å². The van der Waals surface area contributed by atoms with Crippen LogP contribution in [-0.2, 0) is 0 Å². The van der Waals surface area contributed by atoms with Crippen molar-refractivity contribution in [1.82, 2.24) is 0 Å². The average molecular weight is 228 g/mol. The summed E-state index contributed by atoms with van der Waals surface area (Å²) in [6.07, 6.45) is 6.69. The molecule has 1 N–H and O–H groups in total. The minimum absolute atomic E-state index is 0.693. The summed E-state index contributed by atoms with van der Waals surface area (Å²) in [5, 5.41) is 10.8. The fourth-order valence-corrected chi connectivity index (χ4v) is 2.56. The molecule has 0 amide bonds. The van der Waals surface area contributed by atoms with Crippen molar-refractivity contribution in [2.24, 2.45) is 0 Å². The quantitative estimate of drug-likeness (QED) is 0.830. The zero-order valence-corrected chi connectivity index (χ0v) is 10.6. The standard InChI is InChI=1S/C16H20O/c1-3-13-11-8-12-16(17,4-2)15(13)14-9-6-5-7-10-14/h5-11,17H,3-4,12H2,1-2H3/t16-/m1/s1. The van der Waals surface area contributed by atoms with Crippen molar-refractivity contribution in [1.29, 1.82) is 0 Å². The van der Waals surface area contributed by atoms with Gasteiger partial charge in [0.2, 0.25) is 0 Å². The summed E-state index contributed by atoms with van der Waals surface area (Å²) in [5.41, 5.74) is 2.83. The van der Waals surface area contributed by atoms with Crippen LogP contribution < -0.4 is 0 Å². The van der Waals surface area contributed by atoms with Crippen molar-refractivity contribution in [2.45, 2.75) is 38.7 Å². The monoisotopic (exact) mass is 228 g/mol. The molecule has 90 valence electrons. The van der Waals surface area contributed by atoms with Crippen LogP contribution in [0, 0.1) is 0 Å². The second kappa shape index (κ2) is 4.89. The fraction of sp³-hybridized carbons (Fsp3) is 0.375. The summed E-state index contributed by atoms with van der Waals surface area (Å²) in [6, 6.07) is 10.3. The largest absolute Gasteiger partial charge is 0.385 e. The van der Waals surface area contributed by atoms with E-state index < -0.39 is 5.60 Å². The molecule has 1 aliphatic carbocycles. The zero-order chi connectivity index (χ0) is 12.3. The number of hydrogen-bond acceptors (Lipinski definition) is 1. The number of aliphatic hydroxyl groups is 1. The van der Waals surface area contributed by atoms with Crippen molar-refractivity contribution < 1.29 is 5.11 Å². The summed E-state index contributed by atoms with van der Waals surface area (Å²) in [5.74, 6) is 0. The first-order valence-electron chi connectivity index (χ1n) is 6.39. The van der Waals surface area contributed by atoms with Gasteiger partial charge >= 0.3 is 0 Å². The minimum atomic E-state index is -0.693. The molecule has 0 bridgehead atoms. The lowest BCUT2D eigenvalue weighted by molar-refractivity contribution is 0.0989. The third-order valence-corrected chi connectivity index (χ3v) is 3.59. The Hall–Kier alpha value is -1.34. The van der Waals surface area contributed by atoms with Gasteiger partial charge in [0.15, 0.2) is 0 Å². The number of hydrogen-bond donors (Lipinski definition) is 1. The summed E-state index contributed by atoms with van der Waals surface area (Å²) < 4.78 is 0. The molecule has 1 nitrogen and oxygen atoms in total. The van der Waals surface area contributed by atoms with Crippen LogP contribution in [0.5, 0.6) is 0 Å². The molecule has 1 heteroatoms. The number of allylic oxidation sites excluding steroid dienone is 2. The number of benzene rings is 1. The lowest BCUT2D eigenvalue weighted by atomic mass is 9.77. The molecule has 17 heavy (non-hydrogen) atoms. The average Bonchev–Trinajstić information content (AvgIpc) is 2.39. The van der Waals surface area contributed by atoms with E-state index in [0.717, 1.165) is 30.4 Å². The molecule has 0 spiro atoms. The van der Waals surface area contributed by atoms with Crippen molar-refractivity contribution in [2.75, 3.05) is 0 Å². The predicted molar refractivity (Wildman–Crippen MR) is 72.7 cm³/mol. The summed E-state index contributed by atoms with van der Waals surface area (Å²) in [4.78, 5) is 0. The first-order chi connectivity index (χ1) is 8.21. The van der Waals surface area contributed by atoms with Crippen LogP contribution in [0.1, 0.15) is 38.7 Å². The van der Waals surface area contributed by atoms with Crippen molar-refractivity contribution >= 4 is 5.57 Å². The molecule has 0 heterocycles. The highest BCUT2D eigenvalue weighted by atomic mass is 16.3. The molecule has 1 atom stereocenters. The predicted octanol–water partition coefficient (Wildman–Crippen LogP) is 3.95. The molecular weight excluding hydrogens is 208 g/mol. The molecule has 0 fully saturated rings. The Kier molecular flexibility index (Phi) is 3.49. The Morgan fingerprint density at radius 2 is 1.88 bits per heavy atom. The van der Waals surface area contributed by atoms with Gasteiger partial charge in [0.1, 0.15) is 0 Å². The van der Waals surface area contributed by atoms with Crippen LogP contribution in [-0.4, -0.2) is 10.7 Å². The lowest BCUT2D eigenvalue weighted by Crippen LogP contribution is -2.31. The van der Waals surface area contributed by atoms with E-state index in [2.05, 4.69) is 38.1 Å². The molecule has 0 saturated heterocycles. The second-order valence-corrected chi connectivity index (χ2v) is 4.61. The molecule has 1 aliphatic rings. The van der Waals surface area contributed by atoms with Gasteiger partial charge < -0.3 is 5.11 Å². The van der Waals surface area contributed by atoms with Crippen LogP contribution in [0.3, 0.4) is 0 Å². The highest BCUT2D eigenvalue weighted by Crippen LogP contribution is 2.39. The van der Waals surface area contributed by atoms with Gasteiger partial charge in [-0.25, -0.2) is 0 Å². The molecule has 0 unspecified atom stereocenters. The van der Waals surface area contributed by atoms with Gasteiger partial charge in [0.25, 0.3) is 0 Å². The van der Waals surface area contributed by atoms with Gasteiger partial charge in [-0.3, -0.25) is 0 Å². The van der Waals surface area contributed by atoms with E-state index in [0.29, 0.717) is 0 Å². The van der Waals surface area contributed by atoms with E-state index in [1.165, 1.54) is 5.57 Å². The molecule has 0 aromatic heterocycles. The summed E-state index contributed by atoms with van der Waals surface area (Å²) in [7, 11) is 0. The Morgan fingerprint density at radius 3 is 2.47 bits per heavy atom. The van der Waals surface area contributed by atoms with E-state index in [4.69, 9.17) is 0 Å². The van der Waals surface area contributed by atoms with E-state index in [1.807, 2.05) is 18.2 Å². The molecule has 1 aromatic rings. The Morgan fingerprint density at radius 1 is 1.18 bits per heavy atom. The summed E-state index contributed by atoms with van der Waals surface area (Å²) >= 11 is 0. The molecule has 0 aliphatic heterocycles. The number of rotatable bonds is 3. The minimum Gasteiger partial charge on any atom is -0.385 e. The van der Waals surface area contributed by atoms with Gasteiger partial charge in [0, 0.05) is 0 Å². The Labute approximate surface area is 103 Å². The van der Waals surface area contributed by atoms with Gasteiger partial charge in [-0.2, -0.15) is 0 Å². The highest BCUT2D eigenvalue weighted by molar-refractivity contribution is 5.78. The maximum atomic E-state index is 10.8. The Bertz CT molecular complexity index is 442. The van der Waals surface area contributed by atoms with Crippen molar-refractivity contribution in [3.63, 3.8) is 0 Å². The fourth-order valence-electron chi connectivity index (χ4n) is 2.56. The van der Waals surface area contributed by atoms with Crippen LogP contribution in [0.15, 0.2) is 48.1 Å². The third-order valence-electron chi connectivity index (χ3n) is 3.59. The van der Waals surface area contributed by atoms with Crippen LogP contribution in [0.2, 0.25) is 0 Å². The van der Waals surface area contributed by atoms with Crippen molar-refractivity contribution in [3.05, 3.63) is 53.6 Å². The van der Waals surface area contributed by atoms with Crippen LogP contribution in [0.4, 0.5) is 0 Å². The smallest absolute Gasteiger partial charge is 0.0936 e. The lowest BCUT2D eigenvalue weighted by Gasteiger charge is -2.33. The SMILES string of the molecule is CCC1=C(c2ccccc2)[C@@](O)(CC)CC=C1. The van der Waals surface area contributed by atoms with E-state index in [1.54, 1.807) is 0 Å². The van der Waals surface area contributed by atoms with E-state index >= 15 is 0 Å². The Balaban J connectivity index is 2.57. The maximum Gasteiger partial charge on any atom is 0.0936 e. The van der Waals surface area contributed by atoms with Gasteiger partial charge in [0.05, 0.1) is 5.60 Å². The first-order valence-corrected chi connectivity index (χ1v) is 6.39. The van der Waals surface area contributed by atoms with Crippen LogP contribution in [0.25, 0.3) is 5.57 Å². The molecule has 2 rings (SSSR count). The van der Waals surface area contributed by atoms with Gasteiger partial charge in [-0.1, -0.05) is 56.3 Å². The van der Waals surface area contributed by atoms with E-state index in [-0.39, 0.29) is 0 Å². The first kappa shape index (κ1) is 12.1. The topological polar surface area (TPSA) is 20.2 Å². The molecular formula is C16H20O. The normalized spacial score (nSPS) is 24.2. The zero-order valence-electron chi connectivity index (χ0n) is 10.6. The second-order valence-electron chi connectivity index (χ2n) is 4.61. The van der Waals surface area contributed by atoms with Crippen LogP contribution >= 0.6 is 0 Å². The summed E-state index contributed by atoms with van der Waals surface area (Å²) in [6.45, 7) is 4.19. The van der Waals surface area contributed by atoms with Gasteiger partial charge in [-0.15, -0.1) is 0 Å². The maximum absolute atomic E-state index is 10.8.